The van der Waals surface area contributed by atoms with E-state index in [1.807, 2.05) is 55.5 Å². The Kier molecular flexibility index (Phi) is 5.10. The SMILES string of the molecule is CCOc1ccc2ccccc2c1/C=N\NC(=O)[C@@H]1COc2ccccc2O1. The van der Waals surface area contributed by atoms with Crippen LogP contribution in [0, 0.1) is 0 Å². The number of rotatable bonds is 5. The van der Waals surface area contributed by atoms with Crippen molar-refractivity contribution in [3.63, 3.8) is 0 Å². The van der Waals surface area contributed by atoms with Gasteiger partial charge in [-0.1, -0.05) is 42.5 Å². The van der Waals surface area contributed by atoms with Crippen molar-refractivity contribution in [3.05, 3.63) is 66.2 Å². The molecule has 1 aliphatic rings. The number of hydrazone groups is 1. The maximum Gasteiger partial charge on any atom is 0.284 e. The minimum Gasteiger partial charge on any atom is -0.493 e. The fourth-order valence-electron chi connectivity index (χ4n) is 3.07. The van der Waals surface area contributed by atoms with Crippen molar-refractivity contribution in [2.24, 2.45) is 5.10 Å². The summed E-state index contributed by atoms with van der Waals surface area (Å²) >= 11 is 0. The van der Waals surface area contributed by atoms with Gasteiger partial charge in [-0.15, -0.1) is 0 Å². The van der Waals surface area contributed by atoms with Gasteiger partial charge in [0, 0.05) is 5.56 Å². The van der Waals surface area contributed by atoms with Crippen LogP contribution in [0.15, 0.2) is 65.8 Å². The smallest absolute Gasteiger partial charge is 0.284 e. The van der Waals surface area contributed by atoms with Gasteiger partial charge in [-0.3, -0.25) is 4.79 Å². The lowest BCUT2D eigenvalue weighted by Crippen LogP contribution is -2.42. The van der Waals surface area contributed by atoms with Gasteiger partial charge in [0.2, 0.25) is 6.10 Å². The second kappa shape index (κ2) is 8.00. The number of nitrogens with one attached hydrogen (secondary N) is 1. The number of ether oxygens (including phenoxy) is 3. The first-order chi connectivity index (χ1) is 13.8. The van der Waals surface area contributed by atoms with Crippen LogP contribution in [-0.2, 0) is 4.79 Å². The molecule has 4 rings (SSSR count). The summed E-state index contributed by atoms with van der Waals surface area (Å²) in [5.41, 5.74) is 3.35. The zero-order valence-corrected chi connectivity index (χ0v) is 15.4. The minimum absolute atomic E-state index is 0.136. The fraction of sp³-hybridized carbons (Fsp3) is 0.182. The van der Waals surface area contributed by atoms with E-state index >= 15 is 0 Å². The zero-order valence-electron chi connectivity index (χ0n) is 15.4. The van der Waals surface area contributed by atoms with Crippen LogP contribution in [0.1, 0.15) is 12.5 Å². The predicted molar refractivity (Wildman–Crippen MR) is 107 cm³/mol. The van der Waals surface area contributed by atoms with E-state index in [0.717, 1.165) is 16.3 Å². The Morgan fingerprint density at radius 2 is 1.93 bits per heavy atom. The van der Waals surface area contributed by atoms with Gasteiger partial charge in [-0.05, 0) is 35.9 Å². The molecule has 0 saturated heterocycles. The first kappa shape index (κ1) is 17.9. The molecule has 6 nitrogen and oxygen atoms in total. The highest BCUT2D eigenvalue weighted by Gasteiger charge is 2.27. The number of carbonyl (C=O) groups excluding carboxylic acids is 1. The van der Waals surface area contributed by atoms with Gasteiger partial charge in [0.1, 0.15) is 12.4 Å². The number of benzene rings is 3. The van der Waals surface area contributed by atoms with Crippen molar-refractivity contribution >= 4 is 22.9 Å². The summed E-state index contributed by atoms with van der Waals surface area (Å²) in [5.74, 6) is 1.52. The van der Waals surface area contributed by atoms with Crippen LogP contribution in [0.3, 0.4) is 0 Å². The van der Waals surface area contributed by atoms with E-state index in [0.29, 0.717) is 23.9 Å². The topological polar surface area (TPSA) is 69.2 Å². The highest BCUT2D eigenvalue weighted by atomic mass is 16.6. The Hall–Kier alpha value is -3.54. The lowest BCUT2D eigenvalue weighted by atomic mass is 10.0. The Morgan fingerprint density at radius 3 is 2.79 bits per heavy atom. The van der Waals surface area contributed by atoms with Crippen LogP contribution >= 0.6 is 0 Å². The normalized spacial score (nSPS) is 15.5. The largest absolute Gasteiger partial charge is 0.493 e. The molecule has 1 heterocycles. The molecule has 0 saturated carbocycles. The Balaban J connectivity index is 1.51. The van der Waals surface area contributed by atoms with Crippen molar-refractivity contribution < 1.29 is 19.0 Å². The van der Waals surface area contributed by atoms with Crippen molar-refractivity contribution in [1.82, 2.24) is 5.43 Å². The molecule has 1 amide bonds. The summed E-state index contributed by atoms with van der Waals surface area (Å²) in [5, 5.41) is 6.19. The van der Waals surface area contributed by atoms with E-state index in [9.17, 15) is 4.79 Å². The molecule has 0 spiro atoms. The predicted octanol–water partition coefficient (Wildman–Crippen LogP) is 3.53. The molecule has 1 aliphatic heterocycles. The molecule has 0 fully saturated rings. The minimum atomic E-state index is -0.758. The van der Waals surface area contributed by atoms with Crippen LogP contribution in [0.5, 0.6) is 17.2 Å². The molecule has 0 aromatic heterocycles. The van der Waals surface area contributed by atoms with Crippen LogP contribution in [0.25, 0.3) is 10.8 Å². The van der Waals surface area contributed by atoms with Crippen molar-refractivity contribution in [3.8, 4) is 17.2 Å². The van der Waals surface area contributed by atoms with Crippen LogP contribution in [0.4, 0.5) is 0 Å². The van der Waals surface area contributed by atoms with E-state index in [-0.39, 0.29) is 12.5 Å². The molecule has 0 unspecified atom stereocenters. The number of hydrogen-bond donors (Lipinski definition) is 1. The summed E-state index contributed by atoms with van der Waals surface area (Å²) < 4.78 is 17.0. The molecule has 3 aromatic carbocycles. The lowest BCUT2D eigenvalue weighted by Gasteiger charge is -2.24. The molecule has 28 heavy (non-hydrogen) atoms. The van der Waals surface area contributed by atoms with Gasteiger partial charge in [0.15, 0.2) is 11.5 Å². The molecule has 1 atom stereocenters. The van der Waals surface area contributed by atoms with Crippen LogP contribution in [-0.4, -0.2) is 31.4 Å². The molecule has 0 bridgehead atoms. The van der Waals surface area contributed by atoms with Crippen LogP contribution in [0.2, 0.25) is 0 Å². The first-order valence-electron chi connectivity index (χ1n) is 9.12. The average molecular weight is 376 g/mol. The number of amides is 1. The molecule has 0 radical (unpaired) electrons. The maximum absolute atomic E-state index is 12.4. The molecular weight excluding hydrogens is 356 g/mol. The summed E-state index contributed by atoms with van der Waals surface area (Å²) in [6.07, 6.45) is 0.842. The van der Waals surface area contributed by atoms with E-state index in [1.54, 1.807) is 18.3 Å². The standard InChI is InChI=1S/C22H20N2O4/c1-2-26-18-12-11-15-7-3-4-8-16(15)17(18)13-23-24-22(25)21-14-27-19-9-5-6-10-20(19)28-21/h3-13,21H,2,14H2,1H3,(H,24,25)/b23-13-/t21-/m0/s1. The fourth-order valence-corrected chi connectivity index (χ4v) is 3.07. The van der Waals surface area contributed by atoms with Gasteiger partial charge in [0.05, 0.1) is 12.8 Å². The number of nitrogens with zero attached hydrogens (tertiary/aromatic N) is 1. The van der Waals surface area contributed by atoms with Crippen molar-refractivity contribution in [2.45, 2.75) is 13.0 Å². The van der Waals surface area contributed by atoms with E-state index < -0.39 is 6.10 Å². The van der Waals surface area contributed by atoms with Crippen molar-refractivity contribution in [2.75, 3.05) is 13.2 Å². The lowest BCUT2D eigenvalue weighted by molar-refractivity contribution is -0.130. The van der Waals surface area contributed by atoms with Crippen LogP contribution < -0.4 is 19.6 Å². The second-order valence-corrected chi connectivity index (χ2v) is 6.23. The third-order valence-electron chi connectivity index (χ3n) is 4.40. The Bertz CT molecular complexity index is 1030. The molecule has 0 aliphatic carbocycles. The second-order valence-electron chi connectivity index (χ2n) is 6.23. The summed E-state index contributed by atoms with van der Waals surface area (Å²) in [6.45, 7) is 2.60. The van der Waals surface area contributed by atoms with E-state index in [2.05, 4.69) is 10.5 Å². The van der Waals surface area contributed by atoms with Crippen molar-refractivity contribution in [1.29, 1.82) is 0 Å². The third-order valence-corrected chi connectivity index (χ3v) is 4.40. The zero-order chi connectivity index (χ0) is 19.3. The first-order valence-corrected chi connectivity index (χ1v) is 9.12. The monoisotopic (exact) mass is 376 g/mol. The molecule has 3 aromatic rings. The molecular formula is C22H20N2O4. The molecule has 6 heteroatoms. The molecule has 142 valence electrons. The van der Waals surface area contributed by atoms with Gasteiger partial charge >= 0.3 is 0 Å². The average Bonchev–Trinajstić information content (AvgIpc) is 2.74. The van der Waals surface area contributed by atoms with Gasteiger partial charge in [0.25, 0.3) is 5.91 Å². The summed E-state index contributed by atoms with van der Waals surface area (Å²) in [6, 6.07) is 19.1. The Labute approximate surface area is 162 Å². The maximum atomic E-state index is 12.4. The van der Waals surface area contributed by atoms with E-state index in [4.69, 9.17) is 14.2 Å². The highest BCUT2D eigenvalue weighted by Crippen LogP contribution is 2.31. The number of para-hydroxylation sites is 2. The van der Waals surface area contributed by atoms with Gasteiger partial charge in [-0.25, -0.2) is 5.43 Å². The van der Waals surface area contributed by atoms with E-state index in [1.165, 1.54) is 0 Å². The number of hydrogen-bond acceptors (Lipinski definition) is 5. The summed E-state index contributed by atoms with van der Waals surface area (Å²) in [4.78, 5) is 12.4. The van der Waals surface area contributed by atoms with Gasteiger partial charge < -0.3 is 14.2 Å². The molecule has 1 N–H and O–H groups in total. The quantitative estimate of drug-likeness (QED) is 0.546. The number of carbonyl (C=O) groups is 1. The third kappa shape index (κ3) is 3.62. The Morgan fingerprint density at radius 1 is 1.14 bits per heavy atom. The van der Waals surface area contributed by atoms with Gasteiger partial charge in [-0.2, -0.15) is 5.10 Å². The highest BCUT2D eigenvalue weighted by molar-refractivity contribution is 6.02. The number of fused-ring (bicyclic) bond motifs is 2. The summed E-state index contributed by atoms with van der Waals surface area (Å²) in [7, 11) is 0.